The zero-order chi connectivity index (χ0) is 13.8. The fourth-order valence-corrected chi connectivity index (χ4v) is 1.55. The van der Waals surface area contributed by atoms with Gasteiger partial charge >= 0.3 is 0 Å². The Bertz CT molecular complexity index is 643. The standard InChI is InChI=1S/C13H10FN3O2/c14-11-9(5-3-7-16-11)13(19)17-10-6-2-1-4-8(10)12(15)18/h1-7H,(H2,15,18)(H,17,19). The highest BCUT2D eigenvalue weighted by molar-refractivity contribution is 6.08. The lowest BCUT2D eigenvalue weighted by Gasteiger charge is -2.08. The molecule has 0 bridgehead atoms. The number of hydrogen-bond acceptors (Lipinski definition) is 3. The molecule has 2 rings (SSSR count). The van der Waals surface area contributed by atoms with Crippen molar-refractivity contribution in [2.45, 2.75) is 0 Å². The molecule has 0 aliphatic heterocycles. The van der Waals surface area contributed by atoms with Gasteiger partial charge in [-0.3, -0.25) is 9.59 Å². The molecule has 1 aromatic carbocycles. The van der Waals surface area contributed by atoms with Crippen molar-refractivity contribution in [1.29, 1.82) is 0 Å². The van der Waals surface area contributed by atoms with Crippen LogP contribution in [0.25, 0.3) is 0 Å². The van der Waals surface area contributed by atoms with Gasteiger partial charge in [0.25, 0.3) is 11.8 Å². The van der Waals surface area contributed by atoms with E-state index in [4.69, 9.17) is 5.73 Å². The van der Waals surface area contributed by atoms with E-state index in [0.29, 0.717) is 0 Å². The largest absolute Gasteiger partial charge is 0.366 e. The van der Waals surface area contributed by atoms with Crippen LogP contribution in [0.15, 0.2) is 42.6 Å². The third-order valence-electron chi connectivity index (χ3n) is 2.44. The van der Waals surface area contributed by atoms with Gasteiger partial charge < -0.3 is 11.1 Å². The summed E-state index contributed by atoms with van der Waals surface area (Å²) in [5.74, 6) is -2.25. The number of carbonyl (C=O) groups excluding carboxylic acids is 2. The predicted molar refractivity (Wildman–Crippen MR) is 67.1 cm³/mol. The lowest BCUT2D eigenvalue weighted by Crippen LogP contribution is -2.19. The molecule has 19 heavy (non-hydrogen) atoms. The Hall–Kier alpha value is -2.76. The molecular weight excluding hydrogens is 249 g/mol. The molecule has 0 unspecified atom stereocenters. The third kappa shape index (κ3) is 2.74. The number of benzene rings is 1. The van der Waals surface area contributed by atoms with Crippen molar-refractivity contribution >= 4 is 17.5 Å². The van der Waals surface area contributed by atoms with Crippen molar-refractivity contribution in [3.8, 4) is 0 Å². The van der Waals surface area contributed by atoms with Gasteiger partial charge in [0.2, 0.25) is 5.95 Å². The van der Waals surface area contributed by atoms with Gasteiger partial charge in [0, 0.05) is 6.20 Å². The first-order chi connectivity index (χ1) is 9.09. The second-order valence-electron chi connectivity index (χ2n) is 3.71. The van der Waals surface area contributed by atoms with Gasteiger partial charge in [0.15, 0.2) is 0 Å². The fourth-order valence-electron chi connectivity index (χ4n) is 1.55. The van der Waals surface area contributed by atoms with Gasteiger partial charge in [0.1, 0.15) is 0 Å². The van der Waals surface area contributed by atoms with Crippen LogP contribution in [-0.2, 0) is 0 Å². The minimum Gasteiger partial charge on any atom is -0.366 e. The van der Waals surface area contributed by atoms with Crippen LogP contribution in [0.3, 0.4) is 0 Å². The van der Waals surface area contributed by atoms with Gasteiger partial charge in [-0.05, 0) is 24.3 Å². The monoisotopic (exact) mass is 259 g/mol. The van der Waals surface area contributed by atoms with Crippen LogP contribution in [0.2, 0.25) is 0 Å². The maximum Gasteiger partial charge on any atom is 0.260 e. The van der Waals surface area contributed by atoms with Crippen LogP contribution in [0.1, 0.15) is 20.7 Å². The average molecular weight is 259 g/mol. The number of pyridine rings is 1. The van der Waals surface area contributed by atoms with Gasteiger partial charge in [-0.15, -0.1) is 0 Å². The Kier molecular flexibility index (Phi) is 3.51. The van der Waals surface area contributed by atoms with Crippen LogP contribution in [0.5, 0.6) is 0 Å². The van der Waals surface area contributed by atoms with Crippen molar-refractivity contribution in [1.82, 2.24) is 4.98 Å². The second kappa shape index (κ2) is 5.26. The number of nitrogens with one attached hydrogen (secondary N) is 1. The summed E-state index contributed by atoms with van der Waals surface area (Å²) in [5.41, 5.74) is 5.35. The number of nitrogens with zero attached hydrogens (tertiary/aromatic N) is 1. The fraction of sp³-hybridized carbons (Fsp3) is 0. The zero-order valence-corrected chi connectivity index (χ0v) is 9.76. The van der Waals surface area contributed by atoms with Gasteiger partial charge in [-0.1, -0.05) is 12.1 Å². The first-order valence-corrected chi connectivity index (χ1v) is 5.40. The normalized spacial score (nSPS) is 9.95. The molecule has 96 valence electrons. The molecule has 2 aromatic rings. The molecule has 0 spiro atoms. The summed E-state index contributed by atoms with van der Waals surface area (Å²) in [6.45, 7) is 0. The summed E-state index contributed by atoms with van der Waals surface area (Å²) in [5, 5.41) is 2.43. The minimum atomic E-state index is -0.878. The highest BCUT2D eigenvalue weighted by atomic mass is 19.1. The third-order valence-corrected chi connectivity index (χ3v) is 2.44. The van der Waals surface area contributed by atoms with Crippen molar-refractivity contribution in [2.75, 3.05) is 5.32 Å². The summed E-state index contributed by atoms with van der Waals surface area (Å²) in [6.07, 6.45) is 1.24. The Labute approximate surface area is 108 Å². The number of halogens is 1. The Morgan fingerprint density at radius 1 is 1.11 bits per heavy atom. The van der Waals surface area contributed by atoms with E-state index in [1.54, 1.807) is 12.1 Å². The van der Waals surface area contributed by atoms with E-state index in [-0.39, 0.29) is 16.8 Å². The maximum absolute atomic E-state index is 13.3. The predicted octanol–water partition coefficient (Wildman–Crippen LogP) is 1.57. The Morgan fingerprint density at radius 2 is 1.79 bits per heavy atom. The molecule has 5 nitrogen and oxygen atoms in total. The molecule has 0 aliphatic carbocycles. The van der Waals surface area contributed by atoms with E-state index in [1.165, 1.54) is 30.5 Å². The molecule has 1 aromatic heterocycles. The second-order valence-corrected chi connectivity index (χ2v) is 3.71. The number of amides is 2. The van der Waals surface area contributed by atoms with E-state index in [9.17, 15) is 14.0 Å². The molecule has 0 aliphatic rings. The number of para-hydroxylation sites is 1. The smallest absolute Gasteiger partial charge is 0.260 e. The molecule has 0 radical (unpaired) electrons. The number of primary amides is 1. The molecule has 2 amide bonds. The molecule has 0 saturated carbocycles. The summed E-state index contributed by atoms with van der Waals surface area (Å²) in [7, 11) is 0. The van der Waals surface area contributed by atoms with Crippen LogP contribution in [0, 0.1) is 5.95 Å². The number of rotatable bonds is 3. The molecule has 0 saturated heterocycles. The first-order valence-electron chi connectivity index (χ1n) is 5.40. The average Bonchev–Trinajstić information content (AvgIpc) is 2.39. The summed E-state index contributed by atoms with van der Waals surface area (Å²) >= 11 is 0. The highest BCUT2D eigenvalue weighted by Crippen LogP contribution is 2.16. The van der Waals surface area contributed by atoms with Crippen molar-refractivity contribution in [3.05, 3.63) is 59.7 Å². The van der Waals surface area contributed by atoms with Crippen molar-refractivity contribution in [2.24, 2.45) is 5.73 Å². The summed E-state index contributed by atoms with van der Waals surface area (Å²) in [6, 6.07) is 8.95. The number of anilines is 1. The van der Waals surface area contributed by atoms with E-state index < -0.39 is 17.8 Å². The zero-order valence-electron chi connectivity index (χ0n) is 9.76. The van der Waals surface area contributed by atoms with E-state index in [1.807, 2.05) is 0 Å². The molecule has 0 atom stereocenters. The lowest BCUT2D eigenvalue weighted by atomic mass is 10.1. The van der Waals surface area contributed by atoms with Crippen LogP contribution < -0.4 is 11.1 Å². The molecule has 6 heteroatoms. The van der Waals surface area contributed by atoms with E-state index >= 15 is 0 Å². The Balaban J connectivity index is 2.30. The highest BCUT2D eigenvalue weighted by Gasteiger charge is 2.15. The number of nitrogens with two attached hydrogens (primary N) is 1. The van der Waals surface area contributed by atoms with Crippen LogP contribution in [-0.4, -0.2) is 16.8 Å². The van der Waals surface area contributed by atoms with Crippen LogP contribution in [0.4, 0.5) is 10.1 Å². The van der Waals surface area contributed by atoms with Gasteiger partial charge in [-0.25, -0.2) is 4.98 Å². The Morgan fingerprint density at radius 3 is 2.47 bits per heavy atom. The molecule has 1 heterocycles. The topological polar surface area (TPSA) is 85.1 Å². The molecule has 3 N–H and O–H groups in total. The number of carbonyl (C=O) groups is 2. The molecule has 0 fully saturated rings. The summed E-state index contributed by atoms with van der Waals surface area (Å²) in [4.78, 5) is 26.4. The molecular formula is C13H10FN3O2. The SMILES string of the molecule is NC(=O)c1ccccc1NC(=O)c1cccnc1F. The first kappa shape index (κ1) is 12.7. The van der Waals surface area contributed by atoms with Gasteiger partial charge in [-0.2, -0.15) is 4.39 Å². The minimum absolute atomic E-state index is 0.153. The quantitative estimate of drug-likeness (QED) is 0.820. The van der Waals surface area contributed by atoms with E-state index in [0.717, 1.165) is 0 Å². The summed E-state index contributed by atoms with van der Waals surface area (Å²) < 4.78 is 13.3. The van der Waals surface area contributed by atoms with Crippen LogP contribution >= 0.6 is 0 Å². The van der Waals surface area contributed by atoms with Gasteiger partial charge in [0.05, 0.1) is 16.8 Å². The van der Waals surface area contributed by atoms with Crippen molar-refractivity contribution < 1.29 is 14.0 Å². The van der Waals surface area contributed by atoms with Crippen molar-refractivity contribution in [3.63, 3.8) is 0 Å². The number of aromatic nitrogens is 1. The van der Waals surface area contributed by atoms with E-state index in [2.05, 4.69) is 10.3 Å². The maximum atomic E-state index is 13.3. The number of hydrogen-bond donors (Lipinski definition) is 2. The lowest BCUT2D eigenvalue weighted by molar-refractivity contribution is 0.100.